The Kier molecular flexibility index (Phi) is 3.36. The summed E-state index contributed by atoms with van der Waals surface area (Å²) in [6, 6.07) is 3.48. The van der Waals surface area contributed by atoms with Gasteiger partial charge in [-0.15, -0.1) is 0 Å². The van der Waals surface area contributed by atoms with Crippen molar-refractivity contribution in [1.82, 2.24) is 9.78 Å². The van der Waals surface area contributed by atoms with Crippen LogP contribution in [0.2, 0.25) is 0 Å². The quantitative estimate of drug-likeness (QED) is 0.787. The standard InChI is InChI=1S/C12H10F2N2O2/c1-2-18-12(17)8-6-15-16(7-8)11-9(13)4-3-5-10(11)14/h3-7H,2H2,1H3. The van der Waals surface area contributed by atoms with Crippen molar-refractivity contribution in [3.05, 3.63) is 47.8 Å². The summed E-state index contributed by atoms with van der Waals surface area (Å²) < 4.78 is 32.7. The maximum Gasteiger partial charge on any atom is 0.341 e. The van der Waals surface area contributed by atoms with Gasteiger partial charge in [0, 0.05) is 6.20 Å². The number of hydrogen-bond donors (Lipinski definition) is 0. The molecule has 0 aliphatic rings. The largest absolute Gasteiger partial charge is 0.462 e. The first kappa shape index (κ1) is 12.2. The van der Waals surface area contributed by atoms with E-state index in [2.05, 4.69) is 5.10 Å². The molecule has 18 heavy (non-hydrogen) atoms. The number of aromatic nitrogens is 2. The summed E-state index contributed by atoms with van der Waals surface area (Å²) in [4.78, 5) is 11.4. The zero-order valence-electron chi connectivity index (χ0n) is 9.56. The second kappa shape index (κ2) is 4.95. The highest BCUT2D eigenvalue weighted by molar-refractivity contribution is 5.88. The number of rotatable bonds is 3. The Labute approximate surface area is 102 Å². The SMILES string of the molecule is CCOC(=O)c1cnn(-c2c(F)cccc2F)c1. The van der Waals surface area contributed by atoms with Crippen molar-refractivity contribution in [2.75, 3.05) is 6.61 Å². The van der Waals surface area contributed by atoms with Crippen LogP contribution in [0.3, 0.4) is 0 Å². The first-order chi connectivity index (χ1) is 8.63. The molecule has 0 aliphatic heterocycles. The van der Waals surface area contributed by atoms with Gasteiger partial charge in [-0.2, -0.15) is 5.10 Å². The van der Waals surface area contributed by atoms with Gasteiger partial charge in [-0.25, -0.2) is 18.3 Å². The fraction of sp³-hybridized carbons (Fsp3) is 0.167. The van der Waals surface area contributed by atoms with Crippen molar-refractivity contribution >= 4 is 5.97 Å². The van der Waals surface area contributed by atoms with Crippen LogP contribution in [0.5, 0.6) is 0 Å². The molecule has 0 saturated heterocycles. The van der Waals surface area contributed by atoms with E-state index >= 15 is 0 Å². The van der Waals surface area contributed by atoms with Gasteiger partial charge in [-0.05, 0) is 19.1 Å². The first-order valence-electron chi connectivity index (χ1n) is 5.29. The second-order valence-corrected chi connectivity index (χ2v) is 3.46. The highest BCUT2D eigenvalue weighted by atomic mass is 19.1. The lowest BCUT2D eigenvalue weighted by Crippen LogP contribution is -2.04. The van der Waals surface area contributed by atoms with E-state index in [0.717, 1.165) is 16.8 Å². The molecule has 1 aromatic carbocycles. The van der Waals surface area contributed by atoms with E-state index in [9.17, 15) is 13.6 Å². The fourth-order valence-electron chi connectivity index (χ4n) is 1.47. The summed E-state index contributed by atoms with van der Waals surface area (Å²) in [6.07, 6.45) is 2.42. The fourth-order valence-corrected chi connectivity index (χ4v) is 1.47. The van der Waals surface area contributed by atoms with E-state index in [1.54, 1.807) is 6.92 Å². The van der Waals surface area contributed by atoms with E-state index in [0.29, 0.717) is 0 Å². The molecule has 0 aliphatic carbocycles. The Hall–Kier alpha value is -2.24. The van der Waals surface area contributed by atoms with Gasteiger partial charge in [0.25, 0.3) is 0 Å². The number of hydrogen-bond acceptors (Lipinski definition) is 3. The smallest absolute Gasteiger partial charge is 0.341 e. The molecule has 0 bridgehead atoms. The lowest BCUT2D eigenvalue weighted by Gasteiger charge is -2.03. The summed E-state index contributed by atoms with van der Waals surface area (Å²) in [5.41, 5.74) is -0.187. The summed E-state index contributed by atoms with van der Waals surface area (Å²) in [5.74, 6) is -2.09. The second-order valence-electron chi connectivity index (χ2n) is 3.46. The number of benzene rings is 1. The Morgan fingerprint density at radius 2 is 2.06 bits per heavy atom. The maximum absolute atomic E-state index is 13.5. The summed E-state index contributed by atoms with van der Waals surface area (Å²) in [6.45, 7) is 1.89. The van der Waals surface area contributed by atoms with Crippen LogP contribution < -0.4 is 0 Å². The van der Waals surface area contributed by atoms with E-state index in [4.69, 9.17) is 4.74 Å². The number of carbonyl (C=O) groups excluding carboxylic acids is 1. The first-order valence-corrected chi connectivity index (χ1v) is 5.29. The Bertz CT molecular complexity index is 561. The minimum Gasteiger partial charge on any atom is -0.462 e. The minimum atomic E-state index is -0.756. The van der Waals surface area contributed by atoms with E-state index < -0.39 is 17.6 Å². The highest BCUT2D eigenvalue weighted by Crippen LogP contribution is 2.17. The van der Waals surface area contributed by atoms with Gasteiger partial charge >= 0.3 is 5.97 Å². The highest BCUT2D eigenvalue weighted by Gasteiger charge is 2.15. The number of nitrogens with zero attached hydrogens (tertiary/aromatic N) is 2. The van der Waals surface area contributed by atoms with Gasteiger partial charge in [0.15, 0.2) is 11.6 Å². The Balaban J connectivity index is 2.38. The Morgan fingerprint density at radius 3 is 2.67 bits per heavy atom. The van der Waals surface area contributed by atoms with Gasteiger partial charge in [-0.1, -0.05) is 6.07 Å². The molecular formula is C12H10F2N2O2. The zero-order valence-corrected chi connectivity index (χ0v) is 9.56. The van der Waals surface area contributed by atoms with E-state index in [1.807, 2.05) is 0 Å². The third-order valence-corrected chi connectivity index (χ3v) is 2.26. The molecule has 2 aromatic rings. The number of ether oxygens (including phenoxy) is 1. The van der Waals surface area contributed by atoms with Crippen LogP contribution in [0.4, 0.5) is 8.78 Å². The normalized spacial score (nSPS) is 10.4. The lowest BCUT2D eigenvalue weighted by atomic mass is 10.3. The molecule has 1 aromatic heterocycles. The molecule has 2 rings (SSSR count). The number of carbonyl (C=O) groups is 1. The number of para-hydroxylation sites is 1. The van der Waals surface area contributed by atoms with Gasteiger partial charge in [0.2, 0.25) is 0 Å². The van der Waals surface area contributed by atoms with Crippen molar-refractivity contribution in [2.24, 2.45) is 0 Å². The van der Waals surface area contributed by atoms with Crippen LogP contribution >= 0.6 is 0 Å². The summed E-state index contributed by atoms with van der Waals surface area (Å²) in [7, 11) is 0. The van der Waals surface area contributed by atoms with Crippen molar-refractivity contribution in [3.63, 3.8) is 0 Å². The summed E-state index contributed by atoms with van der Waals surface area (Å²) in [5, 5.41) is 3.75. The van der Waals surface area contributed by atoms with Gasteiger partial charge < -0.3 is 4.74 Å². The predicted octanol–water partition coefficient (Wildman–Crippen LogP) is 2.33. The zero-order chi connectivity index (χ0) is 13.1. The monoisotopic (exact) mass is 252 g/mol. The lowest BCUT2D eigenvalue weighted by molar-refractivity contribution is 0.0526. The van der Waals surface area contributed by atoms with Crippen molar-refractivity contribution < 1.29 is 18.3 Å². The molecule has 0 spiro atoms. The molecule has 0 atom stereocenters. The van der Waals surface area contributed by atoms with Crippen molar-refractivity contribution in [3.8, 4) is 5.69 Å². The number of halogens is 2. The molecule has 0 N–H and O–H groups in total. The molecule has 0 unspecified atom stereocenters. The van der Waals surface area contributed by atoms with Crippen molar-refractivity contribution in [2.45, 2.75) is 6.92 Å². The third kappa shape index (κ3) is 2.22. The van der Waals surface area contributed by atoms with Gasteiger partial charge in [0.05, 0.1) is 18.4 Å². The van der Waals surface area contributed by atoms with Gasteiger partial charge in [-0.3, -0.25) is 0 Å². The molecular weight excluding hydrogens is 242 g/mol. The molecule has 1 heterocycles. The molecule has 0 fully saturated rings. The molecule has 94 valence electrons. The van der Waals surface area contributed by atoms with Crippen LogP contribution in [0.1, 0.15) is 17.3 Å². The van der Waals surface area contributed by atoms with Crippen LogP contribution in [-0.2, 0) is 4.74 Å². The van der Waals surface area contributed by atoms with E-state index in [1.165, 1.54) is 18.5 Å². The van der Waals surface area contributed by atoms with Crippen LogP contribution in [0.15, 0.2) is 30.6 Å². The molecule has 6 heteroatoms. The van der Waals surface area contributed by atoms with Crippen LogP contribution in [0, 0.1) is 11.6 Å². The molecule has 0 radical (unpaired) electrons. The minimum absolute atomic E-state index is 0.138. The van der Waals surface area contributed by atoms with E-state index in [-0.39, 0.29) is 17.9 Å². The van der Waals surface area contributed by atoms with Gasteiger partial charge in [0.1, 0.15) is 5.69 Å². The molecule has 0 saturated carbocycles. The third-order valence-electron chi connectivity index (χ3n) is 2.26. The average molecular weight is 252 g/mol. The summed E-state index contributed by atoms with van der Waals surface area (Å²) >= 11 is 0. The topological polar surface area (TPSA) is 44.1 Å². The average Bonchev–Trinajstić information content (AvgIpc) is 2.78. The van der Waals surface area contributed by atoms with Crippen LogP contribution in [0.25, 0.3) is 5.69 Å². The van der Waals surface area contributed by atoms with Crippen molar-refractivity contribution in [1.29, 1.82) is 0 Å². The number of esters is 1. The van der Waals surface area contributed by atoms with Crippen LogP contribution in [-0.4, -0.2) is 22.4 Å². The predicted molar refractivity (Wildman–Crippen MR) is 59.4 cm³/mol. The molecule has 4 nitrogen and oxygen atoms in total. The molecule has 0 amide bonds. The Morgan fingerprint density at radius 1 is 1.39 bits per heavy atom. The maximum atomic E-state index is 13.5.